The van der Waals surface area contributed by atoms with E-state index >= 15 is 0 Å². The van der Waals surface area contributed by atoms with E-state index in [9.17, 15) is 0 Å². The molecular weight excluding hydrogens is 1130 g/mol. The molecule has 436 valence electrons. The van der Waals surface area contributed by atoms with Gasteiger partial charge in [-0.1, -0.05) is 194 Å². The fraction of sp³-hybridized carbons (Fsp3) is 0. The third kappa shape index (κ3) is 8.97. The molecule has 0 saturated heterocycles. The number of rotatable bonds is 12. The fourth-order valence-electron chi connectivity index (χ4n) is 14.7. The van der Waals surface area contributed by atoms with Gasteiger partial charge in [-0.15, -0.1) is 0 Å². The van der Waals surface area contributed by atoms with Gasteiger partial charge in [0.05, 0.1) is 11.4 Å². The second kappa shape index (κ2) is 22.3. The molecule has 13 aromatic carbocycles. The number of aromatic nitrogens is 1. The van der Waals surface area contributed by atoms with E-state index in [1.165, 1.54) is 10.9 Å². The molecule has 4 aliphatic rings. The van der Waals surface area contributed by atoms with Gasteiger partial charge in [-0.05, 0) is 178 Å². The van der Waals surface area contributed by atoms with Crippen LogP contribution >= 0.6 is 0 Å². The number of hydrogen-bond acceptors (Lipinski definition) is 8. The van der Waals surface area contributed by atoms with Crippen LogP contribution < -0.4 is 66.9 Å². The van der Waals surface area contributed by atoms with E-state index in [1.54, 1.807) is 0 Å². The Kier molecular flexibility index (Phi) is 12.9. The Labute approximate surface area is 542 Å². The maximum atomic E-state index is 7.28. The van der Waals surface area contributed by atoms with Gasteiger partial charge in [0.1, 0.15) is 23.1 Å². The predicted octanol–water partition coefficient (Wildman–Crippen LogP) is 18.0. The van der Waals surface area contributed by atoms with Crippen LogP contribution in [0.3, 0.4) is 0 Å². The molecule has 0 spiro atoms. The van der Waals surface area contributed by atoms with Gasteiger partial charge < -0.3 is 24.3 Å². The molecule has 0 unspecified atom stereocenters. The number of pyridine rings is 1. The van der Waals surface area contributed by atoms with Crippen molar-refractivity contribution in [3.05, 3.63) is 346 Å². The molecule has 0 saturated carbocycles. The van der Waals surface area contributed by atoms with Crippen molar-refractivity contribution in [2.45, 2.75) is 0 Å². The lowest BCUT2D eigenvalue weighted by atomic mass is 9.31. The molecule has 18 rings (SSSR count). The number of fused-ring (bicyclic) bond motifs is 8. The smallest absolute Gasteiger partial charge is 0.258 e. The summed E-state index contributed by atoms with van der Waals surface area (Å²) in [5, 5.41) is 0. The second-order valence-electron chi connectivity index (χ2n) is 23.9. The molecule has 0 fully saturated rings. The van der Waals surface area contributed by atoms with Crippen molar-refractivity contribution in [1.82, 2.24) is 4.98 Å². The maximum Gasteiger partial charge on any atom is 0.258 e. The zero-order valence-electron chi connectivity index (χ0n) is 50.6. The molecule has 1 aromatic heterocycles. The standard InChI is InChI=1S/C83H57B2N7O/c1-10-30-58(31-11-1)87(59-32-12-2-13-33-59)67-50-51-70-74(52-67)90(64-42-22-7-23-43-64)75-53-68(88(60-34-14-3-15-35-60)61-36-16-4-17-37-61)54-76-80(75)84(70)72-57-73-83(86-82(72)91(76)65-44-24-8-25-45-65)92(66-46-26-9-27-47-66)77-55-69(56-79-81(77)85(73)71-48-28-29-49-78(71)93-79)89(62-38-18-5-19-39-62)63-40-20-6-21-41-63/h1-57H. The average molecular weight is 1190 g/mol. The Bertz CT molecular complexity index is 4980. The van der Waals surface area contributed by atoms with Crippen LogP contribution in [0.25, 0.3) is 0 Å². The van der Waals surface area contributed by atoms with Crippen molar-refractivity contribution in [2.75, 3.05) is 29.4 Å². The Balaban J connectivity index is 0.957. The SMILES string of the molecule is c1ccc(N(c2ccccc2)c2ccc3c(c2)N(c2ccccc2)c2cc(N(c4ccccc4)c4ccccc4)cc4c2B3c2cc3c(nc2N4c2ccccc2)N(c2ccccc2)c2cc(N(c4ccccc4)c4ccccc4)cc4c2B3c2ccccc2O4)cc1. The highest BCUT2D eigenvalue weighted by Gasteiger charge is 2.49. The highest BCUT2D eigenvalue weighted by molar-refractivity contribution is 7.02. The van der Waals surface area contributed by atoms with Gasteiger partial charge in [0, 0.05) is 85.7 Å². The number of hydrogen-bond donors (Lipinski definition) is 0. The van der Waals surface area contributed by atoms with Gasteiger partial charge in [0.15, 0.2) is 0 Å². The molecule has 0 amide bonds. The molecule has 93 heavy (non-hydrogen) atoms. The molecule has 0 bridgehead atoms. The zero-order chi connectivity index (χ0) is 61.3. The maximum absolute atomic E-state index is 7.28. The van der Waals surface area contributed by atoms with Crippen LogP contribution in [-0.4, -0.2) is 18.4 Å². The van der Waals surface area contributed by atoms with Crippen LogP contribution in [0.5, 0.6) is 11.5 Å². The van der Waals surface area contributed by atoms with Gasteiger partial charge >= 0.3 is 0 Å². The lowest BCUT2D eigenvalue weighted by Gasteiger charge is -2.46. The first-order valence-corrected chi connectivity index (χ1v) is 31.8. The minimum absolute atomic E-state index is 0.265. The van der Waals surface area contributed by atoms with Crippen molar-refractivity contribution in [3.8, 4) is 11.5 Å². The van der Waals surface area contributed by atoms with E-state index in [0.29, 0.717) is 0 Å². The number of anilines is 18. The Hall–Kier alpha value is -12.3. The van der Waals surface area contributed by atoms with E-state index in [0.717, 1.165) is 136 Å². The second-order valence-corrected chi connectivity index (χ2v) is 23.9. The van der Waals surface area contributed by atoms with E-state index in [1.807, 2.05) is 0 Å². The Morgan fingerprint density at radius 1 is 0.237 bits per heavy atom. The first-order chi connectivity index (χ1) is 46.2. The summed E-state index contributed by atoms with van der Waals surface area (Å²) in [4.78, 5) is 20.8. The van der Waals surface area contributed by atoms with E-state index in [4.69, 9.17) is 9.72 Å². The van der Waals surface area contributed by atoms with Crippen molar-refractivity contribution >= 4 is 149 Å². The Morgan fingerprint density at radius 3 is 1.01 bits per heavy atom. The molecule has 14 aromatic rings. The third-order valence-electron chi connectivity index (χ3n) is 18.5. The minimum Gasteiger partial charge on any atom is -0.458 e. The summed E-state index contributed by atoms with van der Waals surface area (Å²) in [5.74, 6) is 3.32. The van der Waals surface area contributed by atoms with E-state index in [2.05, 4.69) is 375 Å². The molecule has 0 aliphatic carbocycles. The van der Waals surface area contributed by atoms with Crippen LogP contribution in [0.15, 0.2) is 346 Å². The van der Waals surface area contributed by atoms with Gasteiger partial charge in [-0.2, -0.15) is 0 Å². The monoisotopic (exact) mass is 1190 g/mol. The van der Waals surface area contributed by atoms with Crippen molar-refractivity contribution in [2.24, 2.45) is 0 Å². The van der Waals surface area contributed by atoms with E-state index < -0.39 is 0 Å². The molecule has 0 radical (unpaired) electrons. The first-order valence-electron chi connectivity index (χ1n) is 31.8. The van der Waals surface area contributed by atoms with Gasteiger partial charge in [-0.25, -0.2) is 4.98 Å². The van der Waals surface area contributed by atoms with Crippen molar-refractivity contribution < 1.29 is 4.74 Å². The number of nitrogens with zero attached hydrogens (tertiary/aromatic N) is 7. The molecule has 5 heterocycles. The lowest BCUT2D eigenvalue weighted by Crippen LogP contribution is -2.65. The molecule has 10 heteroatoms. The van der Waals surface area contributed by atoms with Crippen LogP contribution in [0.4, 0.5) is 103 Å². The van der Waals surface area contributed by atoms with Crippen LogP contribution in [0.2, 0.25) is 0 Å². The molecule has 0 atom stereocenters. The summed E-state index contributed by atoms with van der Waals surface area (Å²) < 4.78 is 7.28. The fourth-order valence-corrected chi connectivity index (χ4v) is 14.7. The quantitative estimate of drug-likeness (QED) is 0.112. The summed E-state index contributed by atoms with van der Waals surface area (Å²) in [5.41, 5.74) is 23.2. The molecular formula is C83H57B2N7O. The summed E-state index contributed by atoms with van der Waals surface area (Å²) >= 11 is 0. The average Bonchev–Trinajstić information content (AvgIpc) is 0.694. The normalized spacial score (nSPS) is 12.7. The number of para-hydroxylation sites is 10. The van der Waals surface area contributed by atoms with Gasteiger partial charge in [0.2, 0.25) is 0 Å². The molecule has 4 aliphatic heterocycles. The highest BCUT2D eigenvalue weighted by Crippen LogP contribution is 2.51. The minimum atomic E-state index is -0.307. The zero-order valence-corrected chi connectivity index (χ0v) is 50.6. The Morgan fingerprint density at radius 2 is 0.570 bits per heavy atom. The van der Waals surface area contributed by atoms with Gasteiger partial charge in [-0.3, -0.25) is 9.80 Å². The van der Waals surface area contributed by atoms with E-state index in [-0.39, 0.29) is 13.4 Å². The van der Waals surface area contributed by atoms with Crippen molar-refractivity contribution in [3.63, 3.8) is 0 Å². The highest BCUT2D eigenvalue weighted by atomic mass is 16.5. The first kappa shape index (κ1) is 53.7. The largest absolute Gasteiger partial charge is 0.458 e. The van der Waals surface area contributed by atoms with Crippen molar-refractivity contribution in [1.29, 1.82) is 0 Å². The lowest BCUT2D eigenvalue weighted by molar-refractivity contribution is 0.487. The van der Waals surface area contributed by atoms with Crippen LogP contribution in [0, 0.1) is 0 Å². The number of benzene rings is 13. The molecule has 8 nitrogen and oxygen atoms in total. The summed E-state index contributed by atoms with van der Waals surface area (Å²) in [6.07, 6.45) is 0. The number of ether oxygens (including phenoxy) is 1. The van der Waals surface area contributed by atoms with Gasteiger partial charge in [0.25, 0.3) is 13.4 Å². The summed E-state index contributed by atoms with van der Waals surface area (Å²) in [6.45, 7) is -0.572. The summed E-state index contributed by atoms with van der Waals surface area (Å²) in [6, 6.07) is 124. The van der Waals surface area contributed by atoms with Crippen LogP contribution in [0.1, 0.15) is 0 Å². The topological polar surface area (TPSA) is 41.6 Å². The summed E-state index contributed by atoms with van der Waals surface area (Å²) in [7, 11) is 0. The van der Waals surface area contributed by atoms with Crippen LogP contribution in [-0.2, 0) is 0 Å². The predicted molar refractivity (Wildman–Crippen MR) is 388 cm³/mol. The molecule has 0 N–H and O–H groups in total. The third-order valence-corrected chi connectivity index (χ3v) is 18.5.